The molecule has 0 saturated heterocycles. The van der Waals surface area contributed by atoms with E-state index in [1.807, 2.05) is 5.48 Å². The number of carbonyl (C=O) groups excluding carboxylic acids is 2. The Bertz CT molecular complexity index is 195. The molecule has 0 aromatic rings. The van der Waals surface area contributed by atoms with Crippen LogP contribution >= 0.6 is 0 Å². The van der Waals surface area contributed by atoms with E-state index in [4.69, 9.17) is 0 Å². The summed E-state index contributed by atoms with van der Waals surface area (Å²) in [5.74, 6) is -0.513. The van der Waals surface area contributed by atoms with Crippen molar-refractivity contribution >= 4 is 12.1 Å². The first-order valence-electron chi connectivity index (χ1n) is 4.02. The summed E-state index contributed by atoms with van der Waals surface area (Å²) in [6.45, 7) is 6.94. The SMILES string of the molecule is CCOC(=O)NOC(=O)C(C)(C)C. The van der Waals surface area contributed by atoms with Crippen LogP contribution in [0.5, 0.6) is 0 Å². The van der Waals surface area contributed by atoms with Crippen LogP contribution in [0.4, 0.5) is 4.79 Å². The van der Waals surface area contributed by atoms with Gasteiger partial charge in [-0.25, -0.2) is 9.59 Å². The van der Waals surface area contributed by atoms with Crippen LogP contribution in [-0.4, -0.2) is 18.7 Å². The van der Waals surface area contributed by atoms with E-state index in [1.165, 1.54) is 0 Å². The topological polar surface area (TPSA) is 64.6 Å². The van der Waals surface area contributed by atoms with E-state index in [-0.39, 0.29) is 6.61 Å². The number of nitrogens with one attached hydrogen (secondary N) is 1. The maximum atomic E-state index is 11.1. The Balaban J connectivity index is 3.77. The smallest absolute Gasteiger partial charge is 0.440 e. The zero-order chi connectivity index (χ0) is 10.5. The lowest BCUT2D eigenvalue weighted by Crippen LogP contribution is -2.33. The van der Waals surface area contributed by atoms with Gasteiger partial charge in [0, 0.05) is 0 Å². The first kappa shape index (κ1) is 11.7. The third-order valence-electron chi connectivity index (χ3n) is 1.11. The van der Waals surface area contributed by atoms with Crippen LogP contribution in [0.15, 0.2) is 0 Å². The highest BCUT2D eigenvalue weighted by molar-refractivity contribution is 5.77. The Morgan fingerprint density at radius 2 is 1.85 bits per heavy atom. The number of hydroxylamine groups is 1. The maximum Gasteiger partial charge on any atom is 0.440 e. The number of amides is 1. The predicted octanol–water partition coefficient (Wildman–Crippen LogP) is 1.24. The molecule has 0 aliphatic carbocycles. The van der Waals surface area contributed by atoms with E-state index in [2.05, 4.69) is 9.57 Å². The molecule has 0 radical (unpaired) electrons. The lowest BCUT2D eigenvalue weighted by Gasteiger charge is -2.15. The van der Waals surface area contributed by atoms with Crippen molar-refractivity contribution in [3.05, 3.63) is 0 Å². The lowest BCUT2D eigenvalue weighted by atomic mass is 9.98. The Morgan fingerprint density at radius 3 is 2.23 bits per heavy atom. The van der Waals surface area contributed by atoms with E-state index < -0.39 is 17.5 Å². The van der Waals surface area contributed by atoms with Crippen LogP contribution in [0.25, 0.3) is 0 Å². The molecular weight excluding hydrogens is 174 g/mol. The van der Waals surface area contributed by atoms with Gasteiger partial charge in [0.05, 0.1) is 12.0 Å². The third-order valence-corrected chi connectivity index (χ3v) is 1.11. The molecule has 0 unspecified atom stereocenters. The molecule has 0 aliphatic rings. The predicted molar refractivity (Wildman–Crippen MR) is 45.7 cm³/mol. The van der Waals surface area contributed by atoms with Crippen molar-refractivity contribution in [3.8, 4) is 0 Å². The summed E-state index contributed by atoms with van der Waals surface area (Å²) in [6.07, 6.45) is -0.764. The summed E-state index contributed by atoms with van der Waals surface area (Å²) in [5.41, 5.74) is 1.24. The Labute approximate surface area is 77.3 Å². The van der Waals surface area contributed by atoms with Crippen molar-refractivity contribution in [1.29, 1.82) is 0 Å². The van der Waals surface area contributed by atoms with Gasteiger partial charge in [0.2, 0.25) is 0 Å². The highest BCUT2D eigenvalue weighted by Crippen LogP contribution is 2.13. The van der Waals surface area contributed by atoms with Crippen molar-refractivity contribution in [3.63, 3.8) is 0 Å². The van der Waals surface area contributed by atoms with Crippen molar-refractivity contribution in [2.75, 3.05) is 6.61 Å². The molecule has 13 heavy (non-hydrogen) atoms. The highest BCUT2D eigenvalue weighted by Gasteiger charge is 2.24. The molecule has 0 aromatic heterocycles. The minimum Gasteiger partial charge on any atom is -0.448 e. The molecule has 0 heterocycles. The van der Waals surface area contributed by atoms with Gasteiger partial charge in [-0.1, -0.05) is 0 Å². The van der Waals surface area contributed by atoms with Crippen LogP contribution in [0.3, 0.4) is 0 Å². The largest absolute Gasteiger partial charge is 0.448 e. The van der Waals surface area contributed by atoms with E-state index in [9.17, 15) is 9.59 Å². The third kappa shape index (κ3) is 5.05. The molecule has 0 aliphatic heterocycles. The van der Waals surface area contributed by atoms with Gasteiger partial charge >= 0.3 is 12.1 Å². The van der Waals surface area contributed by atoms with Crippen molar-refractivity contribution < 1.29 is 19.2 Å². The van der Waals surface area contributed by atoms with Crippen molar-refractivity contribution in [2.24, 2.45) is 5.41 Å². The summed E-state index contributed by atoms with van der Waals surface area (Å²) in [6, 6.07) is 0. The number of hydrogen-bond acceptors (Lipinski definition) is 4. The number of carbonyl (C=O) groups is 2. The van der Waals surface area contributed by atoms with E-state index >= 15 is 0 Å². The summed E-state index contributed by atoms with van der Waals surface area (Å²) in [5, 5.41) is 0. The zero-order valence-corrected chi connectivity index (χ0v) is 8.34. The van der Waals surface area contributed by atoms with Gasteiger partial charge < -0.3 is 9.57 Å². The molecule has 0 fully saturated rings. The van der Waals surface area contributed by atoms with Crippen LogP contribution in [-0.2, 0) is 14.4 Å². The zero-order valence-electron chi connectivity index (χ0n) is 8.34. The normalized spacial score (nSPS) is 10.5. The maximum absolute atomic E-state index is 11.1. The van der Waals surface area contributed by atoms with Gasteiger partial charge in [0.25, 0.3) is 0 Å². The standard InChI is InChI=1S/C8H15NO4/c1-5-12-7(11)9-13-6(10)8(2,3)4/h5H2,1-4H3,(H,9,11). The Morgan fingerprint density at radius 1 is 1.31 bits per heavy atom. The first-order valence-corrected chi connectivity index (χ1v) is 4.02. The quantitative estimate of drug-likeness (QED) is 0.630. The van der Waals surface area contributed by atoms with Crippen LogP contribution in [0.2, 0.25) is 0 Å². The minimum absolute atomic E-state index is 0.235. The fraction of sp³-hybridized carbons (Fsp3) is 0.750. The average Bonchev–Trinajstić information content (AvgIpc) is 1.99. The van der Waals surface area contributed by atoms with Crippen LogP contribution in [0.1, 0.15) is 27.7 Å². The second-order valence-corrected chi connectivity index (χ2v) is 3.46. The molecule has 76 valence electrons. The highest BCUT2D eigenvalue weighted by atomic mass is 16.7. The fourth-order valence-electron chi connectivity index (χ4n) is 0.402. The molecule has 5 heteroatoms. The molecule has 0 bridgehead atoms. The lowest BCUT2D eigenvalue weighted by molar-refractivity contribution is -0.159. The van der Waals surface area contributed by atoms with Gasteiger partial charge in [-0.2, -0.15) is 0 Å². The summed E-state index contributed by atoms with van der Waals surface area (Å²) in [4.78, 5) is 26.2. The molecule has 0 saturated carbocycles. The van der Waals surface area contributed by atoms with Gasteiger partial charge in [0.1, 0.15) is 0 Å². The minimum atomic E-state index is -0.764. The molecule has 1 amide bonds. The molecule has 0 rings (SSSR count). The molecule has 0 atom stereocenters. The summed E-state index contributed by atoms with van der Waals surface area (Å²) >= 11 is 0. The molecule has 0 spiro atoms. The van der Waals surface area contributed by atoms with E-state index in [0.717, 1.165) is 0 Å². The average molecular weight is 189 g/mol. The van der Waals surface area contributed by atoms with Gasteiger partial charge in [0.15, 0.2) is 0 Å². The first-order chi connectivity index (χ1) is 5.88. The molecule has 1 N–H and O–H groups in total. The van der Waals surface area contributed by atoms with E-state index in [0.29, 0.717) is 0 Å². The Kier molecular flexibility index (Phi) is 4.23. The van der Waals surface area contributed by atoms with E-state index in [1.54, 1.807) is 27.7 Å². The molecule has 5 nitrogen and oxygen atoms in total. The monoisotopic (exact) mass is 189 g/mol. The number of hydrogen-bond donors (Lipinski definition) is 1. The number of rotatable bonds is 1. The van der Waals surface area contributed by atoms with Crippen LogP contribution in [0, 0.1) is 5.41 Å². The van der Waals surface area contributed by atoms with Crippen LogP contribution < -0.4 is 5.48 Å². The fourth-order valence-corrected chi connectivity index (χ4v) is 0.402. The molecular formula is C8H15NO4. The van der Waals surface area contributed by atoms with Gasteiger partial charge in [-0.15, -0.1) is 5.48 Å². The second kappa shape index (κ2) is 4.69. The van der Waals surface area contributed by atoms with Crippen molar-refractivity contribution in [2.45, 2.75) is 27.7 Å². The Hall–Kier alpha value is -1.26. The summed E-state index contributed by atoms with van der Waals surface area (Å²) in [7, 11) is 0. The summed E-state index contributed by atoms with van der Waals surface area (Å²) < 4.78 is 4.48. The van der Waals surface area contributed by atoms with Gasteiger partial charge in [-0.3, -0.25) is 0 Å². The number of ether oxygens (including phenoxy) is 1. The van der Waals surface area contributed by atoms with Crippen molar-refractivity contribution in [1.82, 2.24) is 5.48 Å². The van der Waals surface area contributed by atoms with Gasteiger partial charge in [-0.05, 0) is 27.7 Å². The second-order valence-electron chi connectivity index (χ2n) is 3.46. The molecule has 0 aromatic carbocycles.